The van der Waals surface area contributed by atoms with Gasteiger partial charge < -0.3 is 19.5 Å². The number of unbranched alkanes of at least 4 members (excludes halogenated alkanes) is 2. The topological polar surface area (TPSA) is 68.8 Å². The van der Waals surface area contributed by atoms with E-state index in [0.717, 1.165) is 36.0 Å². The summed E-state index contributed by atoms with van der Waals surface area (Å²) in [7, 11) is 0. The van der Waals surface area contributed by atoms with Gasteiger partial charge in [0.25, 0.3) is 0 Å². The number of carbonyl (C=O) groups excluding carboxylic acids is 1. The maximum absolute atomic E-state index is 13.3. The zero-order chi connectivity index (χ0) is 26.4. The summed E-state index contributed by atoms with van der Waals surface area (Å²) in [6.45, 7) is 4.53. The Morgan fingerprint density at radius 2 is 1.26 bits per heavy atom. The third-order valence-corrected chi connectivity index (χ3v) is 6.78. The van der Waals surface area contributed by atoms with Crippen LogP contribution in [0.3, 0.4) is 0 Å². The first-order chi connectivity index (χ1) is 18.7. The van der Waals surface area contributed by atoms with Gasteiger partial charge in [-0.25, -0.2) is 0 Å². The molecule has 3 aromatic rings. The lowest BCUT2D eigenvalue weighted by atomic mass is 10.1. The highest BCUT2D eigenvalue weighted by Crippen LogP contribution is 2.25. The molecule has 0 radical (unpaired) electrons. The molecule has 2 N–H and O–H groups in total. The number of hydrogen-bond acceptors (Lipinski definition) is 5. The van der Waals surface area contributed by atoms with Crippen LogP contribution >= 0.6 is 0 Å². The van der Waals surface area contributed by atoms with Crippen LogP contribution in [0.1, 0.15) is 42.9 Å². The molecule has 38 heavy (non-hydrogen) atoms. The smallest absolute Gasteiger partial charge is 0.239 e. The number of benzene rings is 3. The molecule has 0 spiro atoms. The Hall–Kier alpha value is -3.03. The predicted molar refractivity (Wildman–Crippen MR) is 149 cm³/mol. The van der Waals surface area contributed by atoms with Crippen molar-refractivity contribution in [1.82, 2.24) is 10.6 Å². The highest BCUT2D eigenvalue weighted by Gasteiger charge is 2.48. The normalized spacial score (nSPS) is 20.9. The molecule has 1 heterocycles. The molecule has 4 atom stereocenters. The minimum atomic E-state index is -0.536. The molecule has 6 nitrogen and oxygen atoms in total. The lowest BCUT2D eigenvalue weighted by Crippen LogP contribution is -2.48. The van der Waals surface area contributed by atoms with Gasteiger partial charge in [0.1, 0.15) is 18.2 Å². The van der Waals surface area contributed by atoms with Gasteiger partial charge in [0.15, 0.2) is 0 Å². The first-order valence-corrected chi connectivity index (χ1v) is 13.7. The molecule has 1 aliphatic rings. The van der Waals surface area contributed by atoms with Crippen LogP contribution in [0.4, 0.5) is 0 Å². The van der Waals surface area contributed by atoms with E-state index < -0.39 is 12.1 Å². The van der Waals surface area contributed by atoms with Gasteiger partial charge in [0, 0.05) is 6.54 Å². The summed E-state index contributed by atoms with van der Waals surface area (Å²) in [6, 6.07) is 29.5. The van der Waals surface area contributed by atoms with Crippen molar-refractivity contribution in [3.8, 4) is 0 Å². The molecule has 1 fully saturated rings. The van der Waals surface area contributed by atoms with Crippen LogP contribution in [-0.4, -0.2) is 43.4 Å². The van der Waals surface area contributed by atoms with Crippen molar-refractivity contribution in [2.45, 2.75) is 70.3 Å². The van der Waals surface area contributed by atoms with Crippen LogP contribution in [-0.2, 0) is 38.8 Å². The largest absolute Gasteiger partial charge is 0.375 e. The minimum Gasteiger partial charge on any atom is -0.375 e. The summed E-state index contributed by atoms with van der Waals surface area (Å²) in [5.74, 6) is -0.0574. The zero-order valence-electron chi connectivity index (χ0n) is 22.3. The molecule has 0 bridgehead atoms. The quantitative estimate of drug-likeness (QED) is 0.278. The van der Waals surface area contributed by atoms with Crippen molar-refractivity contribution < 1.29 is 19.0 Å². The molecule has 1 saturated heterocycles. The number of hydrogen-bond donors (Lipinski definition) is 2. The van der Waals surface area contributed by atoms with Crippen molar-refractivity contribution >= 4 is 5.91 Å². The second kappa shape index (κ2) is 15.4. The van der Waals surface area contributed by atoms with E-state index in [1.54, 1.807) is 0 Å². The molecule has 0 aliphatic carbocycles. The maximum atomic E-state index is 13.3. The highest BCUT2D eigenvalue weighted by atomic mass is 16.5. The lowest BCUT2D eigenvalue weighted by Gasteiger charge is -2.26. The Bertz CT molecular complexity index is 1060. The highest BCUT2D eigenvalue weighted by molar-refractivity contribution is 5.83. The van der Waals surface area contributed by atoms with Gasteiger partial charge in [0.05, 0.1) is 32.5 Å². The fourth-order valence-corrected chi connectivity index (χ4v) is 4.72. The van der Waals surface area contributed by atoms with Gasteiger partial charge in [-0.1, -0.05) is 111 Å². The van der Waals surface area contributed by atoms with Crippen LogP contribution < -0.4 is 10.6 Å². The van der Waals surface area contributed by atoms with E-state index >= 15 is 0 Å². The predicted octanol–water partition coefficient (Wildman–Crippen LogP) is 5.02. The Morgan fingerprint density at radius 3 is 1.82 bits per heavy atom. The lowest BCUT2D eigenvalue weighted by molar-refractivity contribution is -0.130. The third kappa shape index (κ3) is 8.50. The number of ether oxygens (including phenoxy) is 3. The molecule has 202 valence electrons. The molecular formula is C32H40N2O4. The maximum Gasteiger partial charge on any atom is 0.239 e. The van der Waals surface area contributed by atoms with Gasteiger partial charge >= 0.3 is 0 Å². The van der Waals surface area contributed by atoms with Crippen LogP contribution in [0.2, 0.25) is 0 Å². The van der Waals surface area contributed by atoms with E-state index in [9.17, 15) is 4.79 Å². The average molecular weight is 517 g/mol. The summed E-state index contributed by atoms with van der Waals surface area (Å²) < 4.78 is 19.0. The molecule has 4 rings (SSSR count). The Morgan fingerprint density at radius 1 is 0.737 bits per heavy atom. The van der Waals surface area contributed by atoms with Gasteiger partial charge in [-0.2, -0.15) is 0 Å². The molecule has 6 heteroatoms. The van der Waals surface area contributed by atoms with Crippen molar-refractivity contribution in [2.75, 3.05) is 13.2 Å². The number of amides is 1. The Labute approximate surface area is 226 Å². The van der Waals surface area contributed by atoms with Crippen molar-refractivity contribution in [1.29, 1.82) is 0 Å². The fourth-order valence-electron chi connectivity index (χ4n) is 4.72. The average Bonchev–Trinajstić information content (AvgIpc) is 3.32. The second-order valence-corrected chi connectivity index (χ2v) is 9.77. The minimum absolute atomic E-state index is 0.0574. The van der Waals surface area contributed by atoms with Crippen molar-refractivity contribution in [2.24, 2.45) is 0 Å². The van der Waals surface area contributed by atoms with Crippen LogP contribution in [0, 0.1) is 0 Å². The summed E-state index contributed by atoms with van der Waals surface area (Å²) in [6.07, 6.45) is 2.33. The molecule has 1 aliphatic heterocycles. The first kappa shape index (κ1) is 28.0. The molecule has 3 aromatic carbocycles. The third-order valence-electron chi connectivity index (χ3n) is 6.78. The summed E-state index contributed by atoms with van der Waals surface area (Å²) >= 11 is 0. The number of rotatable bonds is 15. The molecule has 1 amide bonds. The van der Waals surface area contributed by atoms with Crippen LogP contribution in [0.5, 0.6) is 0 Å². The van der Waals surface area contributed by atoms with E-state index in [-0.39, 0.29) is 18.1 Å². The molecular weight excluding hydrogens is 476 g/mol. The summed E-state index contributed by atoms with van der Waals surface area (Å²) in [5, 5.41) is 6.61. The summed E-state index contributed by atoms with van der Waals surface area (Å²) in [5.41, 5.74) is 3.24. The monoisotopic (exact) mass is 516 g/mol. The van der Waals surface area contributed by atoms with Crippen LogP contribution in [0.15, 0.2) is 91.0 Å². The molecule has 0 aromatic heterocycles. The van der Waals surface area contributed by atoms with E-state index in [2.05, 4.69) is 17.6 Å². The van der Waals surface area contributed by atoms with Crippen molar-refractivity contribution in [3.63, 3.8) is 0 Å². The number of nitrogens with one attached hydrogen (secondary N) is 2. The first-order valence-electron chi connectivity index (χ1n) is 13.7. The van der Waals surface area contributed by atoms with Gasteiger partial charge in [-0.3, -0.25) is 10.1 Å². The van der Waals surface area contributed by atoms with Gasteiger partial charge in [0.2, 0.25) is 5.91 Å². The van der Waals surface area contributed by atoms with Crippen LogP contribution in [0.25, 0.3) is 0 Å². The SMILES string of the molecule is CCCCCNC(=O)[C@H]1N[C@@H](COCc2ccccc2)[C@H](OCc2ccccc2)[C@H]1OCc1ccccc1. The molecule has 0 saturated carbocycles. The fraction of sp³-hybridized carbons (Fsp3) is 0.406. The van der Waals surface area contributed by atoms with Crippen molar-refractivity contribution in [3.05, 3.63) is 108 Å². The second-order valence-electron chi connectivity index (χ2n) is 9.77. The van der Waals surface area contributed by atoms with Gasteiger partial charge in [-0.15, -0.1) is 0 Å². The Balaban J connectivity index is 1.48. The number of carbonyl (C=O) groups is 1. The Kier molecular flexibility index (Phi) is 11.3. The zero-order valence-corrected chi connectivity index (χ0v) is 22.3. The summed E-state index contributed by atoms with van der Waals surface area (Å²) in [4.78, 5) is 13.3. The van der Waals surface area contributed by atoms with E-state index in [1.165, 1.54) is 0 Å². The molecule has 0 unspecified atom stereocenters. The van der Waals surface area contributed by atoms with E-state index in [1.807, 2.05) is 91.0 Å². The van der Waals surface area contributed by atoms with E-state index in [0.29, 0.717) is 33.0 Å². The standard InChI is InChI=1S/C32H40N2O4/c1-2-3-13-20-33-32(35)29-31(38-23-27-18-11-6-12-19-27)30(37-22-26-16-9-5-10-17-26)28(34-29)24-36-21-25-14-7-4-8-15-25/h4-12,14-19,28-31,34H,2-3,13,20-24H2,1H3,(H,33,35)/t28-,29-,30-,31-/m0/s1. The van der Waals surface area contributed by atoms with Gasteiger partial charge in [-0.05, 0) is 23.1 Å². The van der Waals surface area contributed by atoms with E-state index in [4.69, 9.17) is 14.2 Å².